The third-order valence-electron chi connectivity index (χ3n) is 5.01. The molecule has 1 aliphatic heterocycles. The molecule has 8 heteroatoms. The van der Waals surface area contributed by atoms with Gasteiger partial charge in [0.2, 0.25) is 0 Å². The van der Waals surface area contributed by atoms with Crippen LogP contribution < -0.4 is 4.74 Å². The van der Waals surface area contributed by atoms with E-state index in [9.17, 15) is 18.4 Å². The Kier molecular flexibility index (Phi) is 5.97. The van der Waals surface area contributed by atoms with Crippen LogP contribution in [-0.2, 0) is 6.61 Å². The summed E-state index contributed by atoms with van der Waals surface area (Å²) in [5, 5.41) is 0. The fourth-order valence-electron chi connectivity index (χ4n) is 3.30. The maximum Gasteiger partial charge on any atom is 0.289 e. The van der Waals surface area contributed by atoms with E-state index in [4.69, 9.17) is 9.15 Å². The smallest absolute Gasteiger partial charge is 0.289 e. The monoisotopic (exact) mass is 426 g/mol. The van der Waals surface area contributed by atoms with Gasteiger partial charge in [0.05, 0.1) is 0 Å². The molecule has 0 aliphatic carbocycles. The highest BCUT2D eigenvalue weighted by Crippen LogP contribution is 2.17. The van der Waals surface area contributed by atoms with Crippen molar-refractivity contribution in [1.29, 1.82) is 0 Å². The number of carbonyl (C=O) groups is 2. The summed E-state index contributed by atoms with van der Waals surface area (Å²) in [6, 6.07) is 14.3. The number of hydrogen-bond acceptors (Lipinski definition) is 4. The van der Waals surface area contributed by atoms with Gasteiger partial charge < -0.3 is 19.0 Å². The molecule has 4 rings (SSSR count). The summed E-state index contributed by atoms with van der Waals surface area (Å²) in [7, 11) is 0. The van der Waals surface area contributed by atoms with Crippen LogP contribution in [0.25, 0.3) is 0 Å². The van der Waals surface area contributed by atoms with E-state index >= 15 is 0 Å². The van der Waals surface area contributed by atoms with Crippen molar-refractivity contribution in [3.05, 3.63) is 89.4 Å². The summed E-state index contributed by atoms with van der Waals surface area (Å²) < 4.78 is 37.1. The van der Waals surface area contributed by atoms with Gasteiger partial charge in [-0.1, -0.05) is 0 Å². The van der Waals surface area contributed by atoms with Crippen LogP contribution in [0.2, 0.25) is 0 Å². The average molecular weight is 426 g/mol. The minimum Gasteiger partial charge on any atom is -0.486 e. The SMILES string of the molecule is O=C(c1ccc(F)cc1)N1CCN(C(=O)c2ccc(COc3ccc(F)cc3)o2)CC1. The molecule has 0 unspecified atom stereocenters. The number of hydrogen-bond donors (Lipinski definition) is 0. The van der Waals surface area contributed by atoms with Crippen molar-refractivity contribution in [2.75, 3.05) is 26.2 Å². The predicted octanol–water partition coefficient (Wildman–Crippen LogP) is 3.74. The number of piperazine rings is 1. The predicted molar refractivity (Wildman–Crippen MR) is 108 cm³/mol. The van der Waals surface area contributed by atoms with E-state index in [1.54, 1.807) is 21.9 Å². The second-order valence-corrected chi connectivity index (χ2v) is 7.10. The van der Waals surface area contributed by atoms with Gasteiger partial charge in [0, 0.05) is 31.7 Å². The Morgan fingerprint density at radius 1 is 0.774 bits per heavy atom. The molecular weight excluding hydrogens is 406 g/mol. The zero-order valence-electron chi connectivity index (χ0n) is 16.6. The number of carbonyl (C=O) groups excluding carboxylic acids is 2. The molecule has 0 radical (unpaired) electrons. The van der Waals surface area contributed by atoms with Crippen LogP contribution in [0.3, 0.4) is 0 Å². The van der Waals surface area contributed by atoms with Crippen LogP contribution in [0.5, 0.6) is 5.75 Å². The van der Waals surface area contributed by atoms with Crippen LogP contribution in [0, 0.1) is 11.6 Å². The fraction of sp³-hybridized carbons (Fsp3) is 0.217. The lowest BCUT2D eigenvalue weighted by atomic mass is 10.1. The van der Waals surface area contributed by atoms with E-state index in [2.05, 4.69) is 0 Å². The maximum atomic E-state index is 13.0. The number of halogens is 2. The average Bonchev–Trinajstić information content (AvgIpc) is 3.27. The second kappa shape index (κ2) is 8.99. The molecule has 6 nitrogen and oxygen atoms in total. The number of nitrogens with zero attached hydrogens (tertiary/aromatic N) is 2. The largest absolute Gasteiger partial charge is 0.486 e. The normalized spacial score (nSPS) is 13.9. The van der Waals surface area contributed by atoms with Gasteiger partial charge >= 0.3 is 0 Å². The molecule has 2 aromatic carbocycles. The van der Waals surface area contributed by atoms with Crippen LogP contribution in [-0.4, -0.2) is 47.8 Å². The summed E-state index contributed by atoms with van der Waals surface area (Å²) in [6.45, 7) is 1.60. The molecule has 160 valence electrons. The molecule has 2 amide bonds. The lowest BCUT2D eigenvalue weighted by Gasteiger charge is -2.34. The topological polar surface area (TPSA) is 63.0 Å². The molecule has 1 fully saturated rings. The van der Waals surface area contributed by atoms with Crippen molar-refractivity contribution in [1.82, 2.24) is 9.80 Å². The molecule has 2 heterocycles. The van der Waals surface area contributed by atoms with E-state index < -0.39 is 5.82 Å². The number of rotatable bonds is 5. The standard InChI is InChI=1S/C23H20F2N2O4/c24-17-3-1-16(2-4-17)22(28)26-11-13-27(14-12-26)23(29)21-10-9-20(31-21)15-30-19-7-5-18(25)6-8-19/h1-10H,11-15H2. The lowest BCUT2D eigenvalue weighted by Crippen LogP contribution is -2.50. The van der Waals surface area contributed by atoms with E-state index in [1.165, 1.54) is 48.5 Å². The van der Waals surface area contributed by atoms with Crippen LogP contribution in [0.15, 0.2) is 65.1 Å². The van der Waals surface area contributed by atoms with Gasteiger partial charge in [0.25, 0.3) is 11.8 Å². The van der Waals surface area contributed by atoms with Gasteiger partial charge in [-0.05, 0) is 60.7 Å². The van der Waals surface area contributed by atoms with Gasteiger partial charge in [-0.25, -0.2) is 8.78 Å². The van der Waals surface area contributed by atoms with Crippen molar-refractivity contribution in [2.45, 2.75) is 6.61 Å². The Morgan fingerprint density at radius 3 is 1.94 bits per heavy atom. The summed E-state index contributed by atoms with van der Waals surface area (Å²) in [5.74, 6) is -0.0424. The Hall–Kier alpha value is -3.68. The number of amides is 2. The molecule has 0 spiro atoms. The first-order valence-corrected chi connectivity index (χ1v) is 9.81. The fourth-order valence-corrected chi connectivity index (χ4v) is 3.30. The maximum absolute atomic E-state index is 13.0. The van der Waals surface area contributed by atoms with E-state index in [-0.39, 0.29) is 30.0 Å². The first kappa shape index (κ1) is 20.6. The second-order valence-electron chi connectivity index (χ2n) is 7.10. The first-order valence-electron chi connectivity index (χ1n) is 9.81. The summed E-state index contributed by atoms with van der Waals surface area (Å²) in [6.07, 6.45) is 0. The Morgan fingerprint density at radius 2 is 1.32 bits per heavy atom. The van der Waals surface area contributed by atoms with Crippen LogP contribution in [0.1, 0.15) is 26.7 Å². The molecule has 0 N–H and O–H groups in total. The third-order valence-corrected chi connectivity index (χ3v) is 5.01. The molecule has 31 heavy (non-hydrogen) atoms. The summed E-state index contributed by atoms with van der Waals surface area (Å²) in [5.41, 5.74) is 0.415. The molecule has 3 aromatic rings. The van der Waals surface area contributed by atoms with Crippen LogP contribution >= 0.6 is 0 Å². The molecule has 0 atom stereocenters. The Labute approximate surface area is 177 Å². The van der Waals surface area contributed by atoms with Gasteiger partial charge in [-0.15, -0.1) is 0 Å². The molecule has 0 saturated carbocycles. The third kappa shape index (κ3) is 4.91. The number of ether oxygens (including phenoxy) is 1. The van der Waals surface area contributed by atoms with E-state index in [1.807, 2.05) is 0 Å². The lowest BCUT2D eigenvalue weighted by molar-refractivity contribution is 0.0516. The van der Waals surface area contributed by atoms with Gasteiger partial charge in [-0.2, -0.15) is 0 Å². The minimum absolute atomic E-state index is 0.110. The van der Waals surface area contributed by atoms with Crippen molar-refractivity contribution in [3.63, 3.8) is 0 Å². The highest BCUT2D eigenvalue weighted by molar-refractivity contribution is 5.95. The van der Waals surface area contributed by atoms with E-state index in [0.717, 1.165) is 0 Å². The summed E-state index contributed by atoms with van der Waals surface area (Å²) >= 11 is 0. The highest BCUT2D eigenvalue weighted by Gasteiger charge is 2.27. The van der Waals surface area contributed by atoms with Crippen molar-refractivity contribution < 1.29 is 27.5 Å². The Balaban J connectivity index is 1.30. The zero-order chi connectivity index (χ0) is 21.8. The van der Waals surface area contributed by atoms with E-state index in [0.29, 0.717) is 43.3 Å². The molecule has 1 aromatic heterocycles. The van der Waals surface area contributed by atoms with Crippen molar-refractivity contribution in [3.8, 4) is 5.75 Å². The van der Waals surface area contributed by atoms with Crippen LogP contribution in [0.4, 0.5) is 8.78 Å². The molecule has 1 saturated heterocycles. The van der Waals surface area contributed by atoms with Gasteiger partial charge in [0.15, 0.2) is 5.76 Å². The van der Waals surface area contributed by atoms with Gasteiger partial charge in [-0.3, -0.25) is 9.59 Å². The number of furan rings is 1. The Bertz CT molecular complexity index is 1060. The molecular formula is C23H20F2N2O4. The highest BCUT2D eigenvalue weighted by atomic mass is 19.1. The quantitative estimate of drug-likeness (QED) is 0.624. The van der Waals surface area contributed by atoms with Crippen molar-refractivity contribution in [2.24, 2.45) is 0 Å². The summed E-state index contributed by atoms with van der Waals surface area (Å²) in [4.78, 5) is 28.5. The minimum atomic E-state index is -0.396. The molecule has 0 bridgehead atoms. The first-order chi connectivity index (χ1) is 15.0. The zero-order valence-corrected chi connectivity index (χ0v) is 16.6. The van der Waals surface area contributed by atoms with Gasteiger partial charge in [0.1, 0.15) is 29.8 Å². The number of benzene rings is 2. The molecule has 1 aliphatic rings. The van der Waals surface area contributed by atoms with Crippen molar-refractivity contribution >= 4 is 11.8 Å².